The molecule has 0 spiro atoms. The fourth-order valence-electron chi connectivity index (χ4n) is 5.93. The lowest BCUT2D eigenvalue weighted by molar-refractivity contribution is 0.0588. The van der Waals surface area contributed by atoms with Crippen molar-refractivity contribution in [1.82, 2.24) is 14.7 Å². The van der Waals surface area contributed by atoms with Crippen molar-refractivity contribution in [3.8, 4) is 0 Å². The number of amides is 2. The van der Waals surface area contributed by atoms with Gasteiger partial charge in [0.25, 0.3) is 11.8 Å². The maximum absolute atomic E-state index is 13.5. The quantitative estimate of drug-likeness (QED) is 0.517. The van der Waals surface area contributed by atoms with Crippen LogP contribution < -0.4 is 4.90 Å². The lowest BCUT2D eigenvalue weighted by Crippen LogP contribution is -2.45. The summed E-state index contributed by atoms with van der Waals surface area (Å²) in [5.74, 6) is -0.397. The zero-order chi connectivity index (χ0) is 25.2. The lowest BCUT2D eigenvalue weighted by Gasteiger charge is -2.32. The van der Waals surface area contributed by atoms with E-state index in [1.165, 1.54) is 17.7 Å². The fraction of sp³-hybridized carbons (Fsp3) is 0.483. The van der Waals surface area contributed by atoms with Crippen molar-refractivity contribution in [3.63, 3.8) is 0 Å². The van der Waals surface area contributed by atoms with Crippen molar-refractivity contribution >= 4 is 34.6 Å². The number of hydrogen-bond donors (Lipinski definition) is 0. The number of anilines is 1. The van der Waals surface area contributed by atoms with E-state index in [0.29, 0.717) is 36.3 Å². The molecule has 0 N–H and O–H groups in total. The number of carbonyl (C=O) groups excluding carboxylic acids is 2. The summed E-state index contributed by atoms with van der Waals surface area (Å²) in [4.78, 5) is 39.7. The smallest absolute Gasteiger partial charge is 0.261 e. The standard InChI is InChI=1S/C29H37N5O2/c1-4-15-31(2)21-10-11-22(19-21)32(3)17-18-34-28(35)24-9-7-8-23-26(33-16-6-5-14-30-20-33)13-12-25(27(23)24)29(34)36/h6-9,12-13,16,20-22H,4-5,10-11,14-15,17-19H2,1-3H3. The summed E-state index contributed by atoms with van der Waals surface area (Å²) in [6.07, 6.45) is 11.5. The molecule has 3 aliphatic rings. The van der Waals surface area contributed by atoms with Crippen molar-refractivity contribution in [2.75, 3.05) is 45.2 Å². The van der Waals surface area contributed by atoms with Gasteiger partial charge in [0, 0.05) is 59.8 Å². The van der Waals surface area contributed by atoms with Gasteiger partial charge in [0.05, 0.1) is 12.0 Å². The maximum atomic E-state index is 13.5. The number of rotatable bonds is 8. The minimum atomic E-state index is -0.198. The molecule has 7 heteroatoms. The van der Waals surface area contributed by atoms with Crippen LogP contribution in [0.2, 0.25) is 0 Å². The van der Waals surface area contributed by atoms with Gasteiger partial charge in [-0.05, 0) is 70.9 Å². The van der Waals surface area contributed by atoms with Gasteiger partial charge in [0.2, 0.25) is 0 Å². The number of benzene rings is 2. The van der Waals surface area contributed by atoms with E-state index in [9.17, 15) is 9.59 Å². The summed E-state index contributed by atoms with van der Waals surface area (Å²) in [5.41, 5.74) is 2.13. The number of nitrogens with zero attached hydrogens (tertiary/aromatic N) is 5. The summed E-state index contributed by atoms with van der Waals surface area (Å²) in [7, 11) is 4.35. The molecule has 0 saturated heterocycles. The van der Waals surface area contributed by atoms with Gasteiger partial charge >= 0.3 is 0 Å². The van der Waals surface area contributed by atoms with Crippen LogP contribution in [0.3, 0.4) is 0 Å². The van der Waals surface area contributed by atoms with E-state index in [1.807, 2.05) is 47.8 Å². The average molecular weight is 488 g/mol. The molecular weight excluding hydrogens is 450 g/mol. The van der Waals surface area contributed by atoms with E-state index in [4.69, 9.17) is 0 Å². The van der Waals surface area contributed by atoms with E-state index in [0.717, 1.165) is 48.8 Å². The van der Waals surface area contributed by atoms with Crippen LogP contribution >= 0.6 is 0 Å². The first-order chi connectivity index (χ1) is 17.5. The van der Waals surface area contributed by atoms with Crippen LogP contribution in [-0.4, -0.2) is 85.2 Å². The third-order valence-corrected chi connectivity index (χ3v) is 8.02. The Bertz CT molecular complexity index is 1170. The summed E-state index contributed by atoms with van der Waals surface area (Å²) < 4.78 is 0. The van der Waals surface area contributed by atoms with Gasteiger partial charge in [0.1, 0.15) is 0 Å². The van der Waals surface area contributed by atoms with Crippen LogP contribution in [0.4, 0.5) is 5.69 Å². The Morgan fingerprint density at radius 2 is 1.69 bits per heavy atom. The van der Waals surface area contributed by atoms with E-state index < -0.39 is 0 Å². The topological polar surface area (TPSA) is 59.5 Å². The Kier molecular flexibility index (Phi) is 7.21. The van der Waals surface area contributed by atoms with Crippen molar-refractivity contribution < 1.29 is 9.59 Å². The highest BCUT2D eigenvalue weighted by atomic mass is 16.2. The van der Waals surface area contributed by atoms with Crippen LogP contribution in [0, 0.1) is 0 Å². The second-order valence-electron chi connectivity index (χ2n) is 10.3. The van der Waals surface area contributed by atoms with Crippen molar-refractivity contribution in [1.29, 1.82) is 0 Å². The number of likely N-dealkylation sites (N-methyl/N-ethyl adjacent to an activating group) is 1. The predicted octanol–water partition coefficient (Wildman–Crippen LogP) is 4.38. The molecule has 0 radical (unpaired) electrons. The van der Waals surface area contributed by atoms with Gasteiger partial charge in [-0.15, -0.1) is 0 Å². The normalized spacial score (nSPS) is 21.9. The number of imide groups is 1. The molecule has 2 aliphatic heterocycles. The highest BCUT2D eigenvalue weighted by Crippen LogP contribution is 2.36. The molecule has 0 bridgehead atoms. The Labute approximate surface area is 214 Å². The molecule has 2 aromatic rings. The molecule has 1 fully saturated rings. The van der Waals surface area contributed by atoms with E-state index in [-0.39, 0.29) is 11.8 Å². The summed E-state index contributed by atoms with van der Waals surface area (Å²) in [5, 5.41) is 1.65. The Balaban J connectivity index is 1.34. The van der Waals surface area contributed by atoms with Crippen molar-refractivity contribution in [2.24, 2.45) is 4.99 Å². The van der Waals surface area contributed by atoms with Crippen LogP contribution in [0.1, 0.15) is 59.7 Å². The van der Waals surface area contributed by atoms with Gasteiger partial charge in [0.15, 0.2) is 0 Å². The molecule has 2 heterocycles. The second kappa shape index (κ2) is 10.5. The number of carbonyl (C=O) groups is 2. The zero-order valence-electron chi connectivity index (χ0n) is 21.7. The molecule has 2 amide bonds. The number of hydrogen-bond acceptors (Lipinski definition) is 6. The first kappa shape index (κ1) is 24.7. The molecule has 7 nitrogen and oxygen atoms in total. The Hall–Kier alpha value is -3.03. The van der Waals surface area contributed by atoms with E-state index in [1.54, 1.807) is 0 Å². The third-order valence-electron chi connectivity index (χ3n) is 8.02. The van der Waals surface area contributed by atoms with Gasteiger partial charge in [-0.2, -0.15) is 0 Å². The SMILES string of the molecule is CCCN(C)C1CCC(N(C)CCN2C(=O)c3cccc4c(N5C=CCCN=C5)ccc(c34)C2=O)C1. The molecule has 2 unspecified atom stereocenters. The highest BCUT2D eigenvalue weighted by Gasteiger charge is 2.35. The minimum Gasteiger partial charge on any atom is -0.308 e. The molecule has 190 valence electrons. The van der Waals surface area contributed by atoms with Gasteiger partial charge in [-0.3, -0.25) is 19.5 Å². The van der Waals surface area contributed by atoms with Crippen LogP contribution in [-0.2, 0) is 0 Å². The highest BCUT2D eigenvalue weighted by molar-refractivity contribution is 6.27. The van der Waals surface area contributed by atoms with Crippen LogP contribution in [0.25, 0.3) is 10.8 Å². The van der Waals surface area contributed by atoms with Gasteiger partial charge in [-0.1, -0.05) is 25.1 Å². The number of aliphatic imine (C=N–C) groups is 1. The Morgan fingerprint density at radius 3 is 2.44 bits per heavy atom. The molecular formula is C29H37N5O2. The monoisotopic (exact) mass is 487 g/mol. The molecule has 5 rings (SSSR count). The molecule has 1 aliphatic carbocycles. The molecule has 36 heavy (non-hydrogen) atoms. The summed E-state index contributed by atoms with van der Waals surface area (Å²) >= 11 is 0. The summed E-state index contributed by atoms with van der Waals surface area (Å²) in [6.45, 7) is 5.20. The first-order valence-electron chi connectivity index (χ1n) is 13.3. The first-order valence-corrected chi connectivity index (χ1v) is 13.3. The van der Waals surface area contributed by atoms with Crippen molar-refractivity contribution in [3.05, 3.63) is 53.7 Å². The lowest BCUT2D eigenvalue weighted by atomic mass is 9.92. The second-order valence-corrected chi connectivity index (χ2v) is 10.3. The Morgan fingerprint density at radius 1 is 0.972 bits per heavy atom. The third kappa shape index (κ3) is 4.58. The minimum absolute atomic E-state index is 0.198. The predicted molar refractivity (Wildman–Crippen MR) is 146 cm³/mol. The zero-order valence-corrected chi connectivity index (χ0v) is 21.7. The average Bonchev–Trinajstić information content (AvgIpc) is 3.23. The van der Waals surface area contributed by atoms with Gasteiger partial charge < -0.3 is 14.7 Å². The van der Waals surface area contributed by atoms with E-state index >= 15 is 0 Å². The van der Waals surface area contributed by atoms with Crippen LogP contribution in [0.5, 0.6) is 0 Å². The fourth-order valence-corrected chi connectivity index (χ4v) is 5.93. The van der Waals surface area contributed by atoms with Crippen LogP contribution in [0.15, 0.2) is 47.6 Å². The molecule has 2 atom stereocenters. The summed E-state index contributed by atoms with van der Waals surface area (Å²) in [6, 6.07) is 10.7. The molecule has 1 saturated carbocycles. The molecule has 0 aromatic heterocycles. The van der Waals surface area contributed by atoms with Gasteiger partial charge in [-0.25, -0.2) is 0 Å². The van der Waals surface area contributed by atoms with E-state index in [2.05, 4.69) is 41.9 Å². The van der Waals surface area contributed by atoms with Crippen molar-refractivity contribution in [2.45, 2.75) is 51.1 Å². The largest absolute Gasteiger partial charge is 0.308 e. The maximum Gasteiger partial charge on any atom is 0.261 e. The molecule has 2 aromatic carbocycles.